The zero-order valence-electron chi connectivity index (χ0n) is 11.6. The quantitative estimate of drug-likeness (QED) is 0.853. The van der Waals surface area contributed by atoms with Crippen LogP contribution in [0.2, 0.25) is 0 Å². The summed E-state index contributed by atoms with van der Waals surface area (Å²) >= 11 is 0. The van der Waals surface area contributed by atoms with Crippen LogP contribution in [0.15, 0.2) is 18.2 Å². The second-order valence-electron chi connectivity index (χ2n) is 5.84. The molecule has 1 aliphatic carbocycles. The number of hydrogen-bond acceptors (Lipinski definition) is 2. The predicted molar refractivity (Wildman–Crippen MR) is 75.9 cm³/mol. The molecule has 0 bridgehead atoms. The minimum absolute atomic E-state index is 0.122. The summed E-state index contributed by atoms with van der Waals surface area (Å²) in [4.78, 5) is 11.9. The second-order valence-corrected chi connectivity index (χ2v) is 5.84. The molecule has 3 heteroatoms. The smallest absolute Gasteiger partial charge is 0.230 e. The molecule has 1 fully saturated rings. The molecule has 98 valence electrons. The number of carbonyl (C=O) groups is 1. The fourth-order valence-electron chi connectivity index (χ4n) is 1.91. The van der Waals surface area contributed by atoms with Crippen molar-refractivity contribution in [2.45, 2.75) is 46.6 Å². The molecule has 2 N–H and O–H groups in total. The van der Waals surface area contributed by atoms with Crippen molar-refractivity contribution in [3.63, 3.8) is 0 Å². The van der Waals surface area contributed by atoms with E-state index in [0.29, 0.717) is 6.04 Å². The molecule has 0 radical (unpaired) electrons. The summed E-state index contributed by atoms with van der Waals surface area (Å²) in [6.07, 6.45) is 2.01. The van der Waals surface area contributed by atoms with Crippen LogP contribution >= 0.6 is 0 Å². The van der Waals surface area contributed by atoms with Crippen molar-refractivity contribution in [3.05, 3.63) is 23.8 Å². The lowest BCUT2D eigenvalue weighted by Gasteiger charge is -2.15. The van der Waals surface area contributed by atoms with Gasteiger partial charge in [0.15, 0.2) is 0 Å². The molecule has 1 aromatic carbocycles. The van der Waals surface area contributed by atoms with Gasteiger partial charge in [-0.3, -0.25) is 4.79 Å². The lowest BCUT2D eigenvalue weighted by molar-refractivity contribution is -0.120. The van der Waals surface area contributed by atoms with Crippen molar-refractivity contribution in [2.75, 3.05) is 10.6 Å². The summed E-state index contributed by atoms with van der Waals surface area (Å²) in [7, 11) is 0. The van der Waals surface area contributed by atoms with Gasteiger partial charge in [0.25, 0.3) is 0 Å². The van der Waals surface area contributed by atoms with E-state index in [0.717, 1.165) is 29.8 Å². The van der Waals surface area contributed by atoms with Gasteiger partial charge in [0.1, 0.15) is 0 Å². The van der Waals surface area contributed by atoms with E-state index in [-0.39, 0.29) is 11.3 Å². The molecule has 1 amide bonds. The molecule has 0 aliphatic heterocycles. The second kappa shape index (κ2) is 4.63. The molecule has 18 heavy (non-hydrogen) atoms. The van der Waals surface area contributed by atoms with Crippen LogP contribution in [0.4, 0.5) is 11.4 Å². The molecule has 0 atom stereocenters. The number of amides is 1. The van der Waals surface area contributed by atoms with E-state index < -0.39 is 0 Å². The average Bonchev–Trinajstić information content (AvgIpc) is 3.01. The van der Waals surface area contributed by atoms with Crippen LogP contribution in [0.3, 0.4) is 0 Å². The Balaban J connectivity index is 2.06. The molecule has 0 heterocycles. The summed E-state index contributed by atoms with van der Waals surface area (Å²) in [6, 6.07) is 6.42. The van der Waals surface area contributed by atoms with Gasteiger partial charge in [-0.05, 0) is 57.4 Å². The van der Waals surface area contributed by atoms with Crippen LogP contribution in [0.25, 0.3) is 0 Å². The molecule has 2 rings (SSSR count). The van der Waals surface area contributed by atoms with Crippen LogP contribution in [0.1, 0.15) is 39.2 Å². The number of hydrogen-bond donors (Lipinski definition) is 2. The Hall–Kier alpha value is -1.51. The zero-order chi connectivity index (χ0) is 13.3. The van der Waals surface area contributed by atoms with Gasteiger partial charge in [-0.2, -0.15) is 0 Å². The molecular weight excluding hydrogens is 224 g/mol. The molecule has 1 aromatic rings. The predicted octanol–water partition coefficient (Wildman–Crippen LogP) is 3.55. The fraction of sp³-hybridized carbons (Fsp3) is 0.533. The van der Waals surface area contributed by atoms with Gasteiger partial charge in [0.05, 0.1) is 0 Å². The van der Waals surface area contributed by atoms with Crippen molar-refractivity contribution in [2.24, 2.45) is 5.41 Å². The first-order valence-corrected chi connectivity index (χ1v) is 6.59. The number of carbonyl (C=O) groups excluding carboxylic acids is 1. The molecule has 1 aliphatic rings. The Morgan fingerprint density at radius 2 is 2.00 bits per heavy atom. The third-order valence-corrected chi connectivity index (χ3v) is 3.48. The van der Waals surface area contributed by atoms with E-state index in [1.807, 2.05) is 25.1 Å². The topological polar surface area (TPSA) is 41.1 Å². The fourth-order valence-corrected chi connectivity index (χ4v) is 1.91. The maximum absolute atomic E-state index is 11.9. The van der Waals surface area contributed by atoms with Gasteiger partial charge in [-0.25, -0.2) is 0 Å². The van der Waals surface area contributed by atoms with Crippen LogP contribution in [0, 0.1) is 12.3 Å². The van der Waals surface area contributed by atoms with Crippen molar-refractivity contribution in [3.8, 4) is 0 Å². The van der Waals surface area contributed by atoms with Crippen LogP contribution in [0.5, 0.6) is 0 Å². The van der Waals surface area contributed by atoms with Crippen LogP contribution in [-0.4, -0.2) is 11.9 Å². The molecular formula is C15H22N2O. The van der Waals surface area contributed by atoms with Crippen LogP contribution in [-0.2, 0) is 4.79 Å². The van der Waals surface area contributed by atoms with E-state index >= 15 is 0 Å². The molecule has 0 aromatic heterocycles. The highest BCUT2D eigenvalue weighted by atomic mass is 16.2. The molecule has 0 saturated heterocycles. The zero-order valence-corrected chi connectivity index (χ0v) is 11.6. The standard InChI is InChI=1S/C15H22N2O/c1-10(2)16-13-6-5-12(9-11(13)3)17-14(18)15(4)7-8-15/h5-6,9-10,16H,7-8H2,1-4H3,(H,17,18). The van der Waals surface area contributed by atoms with Crippen molar-refractivity contribution < 1.29 is 4.79 Å². The van der Waals surface area contributed by atoms with Gasteiger partial charge in [0, 0.05) is 22.8 Å². The molecule has 0 spiro atoms. The van der Waals surface area contributed by atoms with Gasteiger partial charge < -0.3 is 10.6 Å². The molecule has 3 nitrogen and oxygen atoms in total. The number of aryl methyl sites for hydroxylation is 1. The third kappa shape index (κ3) is 2.84. The largest absolute Gasteiger partial charge is 0.383 e. The average molecular weight is 246 g/mol. The lowest BCUT2D eigenvalue weighted by Crippen LogP contribution is -2.21. The van der Waals surface area contributed by atoms with E-state index in [1.165, 1.54) is 0 Å². The van der Waals surface area contributed by atoms with Gasteiger partial charge in [-0.1, -0.05) is 6.92 Å². The lowest BCUT2D eigenvalue weighted by atomic mass is 10.1. The molecule has 0 unspecified atom stereocenters. The minimum Gasteiger partial charge on any atom is -0.383 e. The van der Waals surface area contributed by atoms with Crippen molar-refractivity contribution in [1.82, 2.24) is 0 Å². The minimum atomic E-state index is -0.122. The Bertz CT molecular complexity index is 462. The number of benzene rings is 1. The Labute approximate surface area is 109 Å². The van der Waals surface area contributed by atoms with E-state index in [4.69, 9.17) is 0 Å². The summed E-state index contributed by atoms with van der Waals surface area (Å²) in [5, 5.41) is 6.38. The Morgan fingerprint density at radius 1 is 1.33 bits per heavy atom. The summed E-state index contributed by atoms with van der Waals surface area (Å²) in [5.41, 5.74) is 3.05. The maximum Gasteiger partial charge on any atom is 0.230 e. The van der Waals surface area contributed by atoms with Crippen molar-refractivity contribution >= 4 is 17.3 Å². The van der Waals surface area contributed by atoms with Crippen molar-refractivity contribution in [1.29, 1.82) is 0 Å². The number of rotatable bonds is 4. The molecule has 1 saturated carbocycles. The first-order valence-electron chi connectivity index (χ1n) is 6.59. The Morgan fingerprint density at radius 3 is 2.50 bits per heavy atom. The summed E-state index contributed by atoms with van der Waals surface area (Å²) < 4.78 is 0. The SMILES string of the molecule is Cc1cc(NC(=O)C2(C)CC2)ccc1NC(C)C. The Kier molecular flexibility index (Phi) is 3.33. The van der Waals surface area contributed by atoms with Gasteiger partial charge in [0.2, 0.25) is 5.91 Å². The highest BCUT2D eigenvalue weighted by Gasteiger charge is 2.44. The maximum atomic E-state index is 11.9. The van der Waals surface area contributed by atoms with Gasteiger partial charge in [-0.15, -0.1) is 0 Å². The number of anilines is 2. The first kappa shape index (κ1) is 12.9. The normalized spacial score (nSPS) is 16.5. The summed E-state index contributed by atoms with van der Waals surface area (Å²) in [6.45, 7) is 8.30. The monoisotopic (exact) mass is 246 g/mol. The number of nitrogens with one attached hydrogen (secondary N) is 2. The van der Waals surface area contributed by atoms with E-state index in [9.17, 15) is 4.79 Å². The van der Waals surface area contributed by atoms with Crippen LogP contribution < -0.4 is 10.6 Å². The summed E-state index contributed by atoms with van der Waals surface area (Å²) in [5.74, 6) is 0.145. The highest BCUT2D eigenvalue weighted by molar-refractivity contribution is 5.97. The first-order chi connectivity index (χ1) is 8.40. The van der Waals surface area contributed by atoms with E-state index in [1.54, 1.807) is 0 Å². The highest BCUT2D eigenvalue weighted by Crippen LogP contribution is 2.45. The third-order valence-electron chi connectivity index (χ3n) is 3.48. The van der Waals surface area contributed by atoms with E-state index in [2.05, 4.69) is 31.4 Å². The van der Waals surface area contributed by atoms with Gasteiger partial charge >= 0.3 is 0 Å².